The van der Waals surface area contributed by atoms with Gasteiger partial charge in [-0.15, -0.1) is 0 Å². The molecule has 0 heterocycles. The van der Waals surface area contributed by atoms with Gasteiger partial charge in [0.15, 0.2) is 0 Å². The third-order valence-corrected chi connectivity index (χ3v) is 8.61. The minimum Gasteiger partial charge on any atom is -0.355 e. The van der Waals surface area contributed by atoms with E-state index in [9.17, 15) is 21.6 Å². The largest absolute Gasteiger partial charge is 0.355 e. The summed E-state index contributed by atoms with van der Waals surface area (Å²) in [5, 5.41) is 2.69. The molecular weight excluding hydrogens is 498 g/mol. The molecule has 0 aliphatic heterocycles. The standard InChI is InChI=1S/C26H31N3O5S2/c1-20-8-13-24(14-9-20)35(31,32)28-19-18-27-26(30)17-12-22-10-15-25(16-11-22)36(33,34)29-21(2)23-6-4-3-5-7-23/h3-11,13-16,21,28-29H,12,17-19H2,1-2H3,(H,27,30)/t21-/m0/s1. The molecule has 8 nitrogen and oxygen atoms in total. The summed E-state index contributed by atoms with van der Waals surface area (Å²) in [6.07, 6.45) is 0.620. The summed E-state index contributed by atoms with van der Waals surface area (Å²) in [5.41, 5.74) is 2.65. The SMILES string of the molecule is Cc1ccc(S(=O)(=O)NCCNC(=O)CCc2ccc(S(=O)(=O)N[C@@H](C)c3ccccc3)cc2)cc1. The number of aryl methyl sites for hydroxylation is 2. The Morgan fingerprint density at radius 2 is 1.36 bits per heavy atom. The molecule has 10 heteroatoms. The molecule has 0 aliphatic rings. The van der Waals surface area contributed by atoms with Crippen molar-refractivity contribution in [3.8, 4) is 0 Å². The first-order chi connectivity index (χ1) is 17.1. The van der Waals surface area contributed by atoms with Gasteiger partial charge in [0, 0.05) is 25.6 Å². The lowest BCUT2D eigenvalue weighted by molar-refractivity contribution is -0.121. The van der Waals surface area contributed by atoms with E-state index in [2.05, 4.69) is 14.8 Å². The van der Waals surface area contributed by atoms with Crippen molar-refractivity contribution in [1.29, 1.82) is 0 Å². The molecule has 0 radical (unpaired) electrons. The second-order valence-corrected chi connectivity index (χ2v) is 11.9. The van der Waals surface area contributed by atoms with E-state index in [0.717, 1.165) is 16.7 Å². The van der Waals surface area contributed by atoms with E-state index in [0.29, 0.717) is 6.42 Å². The number of benzene rings is 3. The molecule has 3 N–H and O–H groups in total. The van der Waals surface area contributed by atoms with E-state index in [-0.39, 0.29) is 41.3 Å². The highest BCUT2D eigenvalue weighted by atomic mass is 32.2. The molecule has 0 saturated carbocycles. The van der Waals surface area contributed by atoms with Crippen molar-refractivity contribution in [2.24, 2.45) is 0 Å². The summed E-state index contributed by atoms with van der Waals surface area (Å²) >= 11 is 0. The highest BCUT2D eigenvalue weighted by molar-refractivity contribution is 7.89. The van der Waals surface area contributed by atoms with Crippen molar-refractivity contribution < 1.29 is 21.6 Å². The maximum atomic E-state index is 12.7. The second-order valence-electron chi connectivity index (χ2n) is 8.46. The van der Waals surface area contributed by atoms with E-state index >= 15 is 0 Å². The van der Waals surface area contributed by atoms with E-state index in [1.807, 2.05) is 37.3 Å². The van der Waals surface area contributed by atoms with Crippen molar-refractivity contribution in [1.82, 2.24) is 14.8 Å². The molecule has 0 aliphatic carbocycles. The van der Waals surface area contributed by atoms with Crippen LogP contribution in [0.1, 0.15) is 36.1 Å². The van der Waals surface area contributed by atoms with Crippen molar-refractivity contribution in [2.75, 3.05) is 13.1 Å². The Kier molecular flexibility index (Phi) is 9.38. The molecule has 0 spiro atoms. The Bertz CT molecular complexity index is 1360. The number of nitrogens with one attached hydrogen (secondary N) is 3. The molecule has 0 saturated heterocycles. The predicted molar refractivity (Wildman–Crippen MR) is 139 cm³/mol. The first-order valence-electron chi connectivity index (χ1n) is 11.6. The van der Waals surface area contributed by atoms with Gasteiger partial charge in [-0.1, -0.05) is 60.2 Å². The van der Waals surface area contributed by atoms with Crippen molar-refractivity contribution >= 4 is 26.0 Å². The van der Waals surface area contributed by atoms with Crippen molar-refractivity contribution in [3.05, 3.63) is 95.6 Å². The lowest BCUT2D eigenvalue weighted by Crippen LogP contribution is -2.34. The molecule has 0 fully saturated rings. The van der Waals surface area contributed by atoms with Crippen LogP contribution in [0.2, 0.25) is 0 Å². The van der Waals surface area contributed by atoms with Gasteiger partial charge in [-0.05, 0) is 55.7 Å². The Morgan fingerprint density at radius 3 is 2.00 bits per heavy atom. The highest BCUT2D eigenvalue weighted by Gasteiger charge is 2.18. The van der Waals surface area contributed by atoms with Crippen LogP contribution in [-0.4, -0.2) is 35.8 Å². The normalized spacial score (nSPS) is 12.7. The van der Waals surface area contributed by atoms with E-state index < -0.39 is 20.0 Å². The van der Waals surface area contributed by atoms with Crippen LogP contribution in [0.25, 0.3) is 0 Å². The minimum absolute atomic E-state index is 0.0723. The van der Waals surface area contributed by atoms with Gasteiger partial charge in [0.1, 0.15) is 0 Å². The smallest absolute Gasteiger partial charge is 0.241 e. The van der Waals surface area contributed by atoms with Gasteiger partial charge in [0.25, 0.3) is 0 Å². The van der Waals surface area contributed by atoms with Crippen LogP contribution in [0.4, 0.5) is 0 Å². The highest BCUT2D eigenvalue weighted by Crippen LogP contribution is 2.17. The van der Waals surface area contributed by atoms with Crippen LogP contribution >= 0.6 is 0 Å². The number of amides is 1. The van der Waals surface area contributed by atoms with Gasteiger partial charge in [-0.3, -0.25) is 4.79 Å². The van der Waals surface area contributed by atoms with Crippen LogP contribution in [0, 0.1) is 6.92 Å². The third kappa shape index (κ3) is 7.99. The predicted octanol–water partition coefficient (Wildman–Crippen LogP) is 3.06. The maximum Gasteiger partial charge on any atom is 0.241 e. The van der Waals surface area contributed by atoms with Gasteiger partial charge in [0.2, 0.25) is 26.0 Å². The minimum atomic E-state index is -3.69. The Labute approximate surface area is 213 Å². The zero-order valence-electron chi connectivity index (χ0n) is 20.3. The number of sulfonamides is 2. The second kappa shape index (κ2) is 12.3. The van der Waals surface area contributed by atoms with Crippen LogP contribution in [0.3, 0.4) is 0 Å². The number of carbonyl (C=O) groups excluding carboxylic acids is 1. The molecular formula is C26H31N3O5S2. The Hall–Kier alpha value is -3.05. The quantitative estimate of drug-likeness (QED) is 0.311. The Morgan fingerprint density at radius 1 is 0.778 bits per heavy atom. The first kappa shape index (κ1) is 27.5. The molecule has 36 heavy (non-hydrogen) atoms. The molecule has 3 aromatic carbocycles. The Balaban J connectivity index is 1.42. The molecule has 0 aromatic heterocycles. The molecule has 0 unspecified atom stereocenters. The number of hydrogen-bond acceptors (Lipinski definition) is 5. The molecule has 1 amide bonds. The third-order valence-electron chi connectivity index (χ3n) is 5.58. The van der Waals surface area contributed by atoms with Crippen LogP contribution in [0.5, 0.6) is 0 Å². The number of hydrogen-bond donors (Lipinski definition) is 3. The summed E-state index contributed by atoms with van der Waals surface area (Å²) < 4.78 is 55.0. The van der Waals surface area contributed by atoms with Crippen molar-refractivity contribution in [2.45, 2.75) is 42.5 Å². The maximum absolute atomic E-state index is 12.7. The topological polar surface area (TPSA) is 121 Å². The number of carbonyl (C=O) groups is 1. The summed E-state index contributed by atoms with van der Waals surface area (Å²) in [6, 6.07) is 21.9. The molecule has 3 aromatic rings. The van der Waals surface area contributed by atoms with Gasteiger partial charge >= 0.3 is 0 Å². The molecule has 1 atom stereocenters. The van der Waals surface area contributed by atoms with E-state index in [1.165, 1.54) is 24.3 Å². The summed E-state index contributed by atoms with van der Waals surface area (Å²) in [4.78, 5) is 12.5. The van der Waals surface area contributed by atoms with Gasteiger partial charge in [-0.2, -0.15) is 0 Å². The van der Waals surface area contributed by atoms with Crippen LogP contribution in [-0.2, 0) is 31.3 Å². The average molecular weight is 530 g/mol. The monoisotopic (exact) mass is 529 g/mol. The summed E-state index contributed by atoms with van der Waals surface area (Å²) in [5.74, 6) is -0.223. The fraction of sp³-hybridized carbons (Fsp3) is 0.269. The lowest BCUT2D eigenvalue weighted by atomic mass is 10.1. The van der Waals surface area contributed by atoms with Gasteiger partial charge < -0.3 is 5.32 Å². The van der Waals surface area contributed by atoms with Gasteiger partial charge in [-0.25, -0.2) is 26.3 Å². The van der Waals surface area contributed by atoms with E-state index in [1.54, 1.807) is 31.2 Å². The molecule has 192 valence electrons. The zero-order valence-corrected chi connectivity index (χ0v) is 21.9. The average Bonchev–Trinajstić information content (AvgIpc) is 2.86. The molecule has 3 rings (SSSR count). The summed E-state index contributed by atoms with van der Waals surface area (Å²) in [6.45, 7) is 3.89. The lowest BCUT2D eigenvalue weighted by Gasteiger charge is -2.15. The summed E-state index contributed by atoms with van der Waals surface area (Å²) in [7, 11) is -7.32. The van der Waals surface area contributed by atoms with E-state index in [4.69, 9.17) is 0 Å². The fourth-order valence-electron chi connectivity index (χ4n) is 3.48. The van der Waals surface area contributed by atoms with Crippen LogP contribution in [0.15, 0.2) is 88.7 Å². The van der Waals surface area contributed by atoms with Gasteiger partial charge in [0.05, 0.1) is 9.79 Å². The first-order valence-corrected chi connectivity index (χ1v) is 14.5. The number of rotatable bonds is 12. The molecule has 0 bridgehead atoms. The van der Waals surface area contributed by atoms with Crippen molar-refractivity contribution in [3.63, 3.8) is 0 Å². The zero-order chi connectivity index (χ0) is 26.2. The van der Waals surface area contributed by atoms with Crippen LogP contribution < -0.4 is 14.8 Å². The fourth-order valence-corrected chi connectivity index (χ4v) is 5.74.